The van der Waals surface area contributed by atoms with Crippen LogP contribution in [0.5, 0.6) is 0 Å². The number of rotatable bonds is 4. The Morgan fingerprint density at radius 1 is 1.35 bits per heavy atom. The lowest BCUT2D eigenvalue weighted by Gasteiger charge is -2.17. The monoisotopic (exact) mass is 269 g/mol. The summed E-state index contributed by atoms with van der Waals surface area (Å²) in [5, 5.41) is 2.38. The van der Waals surface area contributed by atoms with E-state index in [1.54, 1.807) is 0 Å². The molecule has 1 unspecified atom stereocenters. The fourth-order valence-corrected chi connectivity index (χ4v) is 2.89. The molecule has 1 aliphatic rings. The first-order valence-corrected chi connectivity index (χ1v) is 7.07. The summed E-state index contributed by atoms with van der Waals surface area (Å²) >= 11 is 0. The van der Waals surface area contributed by atoms with Gasteiger partial charge in [0.2, 0.25) is 5.91 Å². The topological polar surface area (TPSA) is 59.2 Å². The van der Waals surface area contributed by atoms with E-state index in [0.717, 1.165) is 24.9 Å². The number of nitrogens with two attached hydrogens (primary N) is 1. The third-order valence-electron chi connectivity index (χ3n) is 4.05. The van der Waals surface area contributed by atoms with Crippen LogP contribution >= 0.6 is 0 Å². The summed E-state index contributed by atoms with van der Waals surface area (Å²) in [6, 6.07) is 8.29. The van der Waals surface area contributed by atoms with Crippen LogP contribution in [0.15, 0.2) is 36.7 Å². The molecule has 1 aromatic heterocycles. The van der Waals surface area contributed by atoms with Gasteiger partial charge in [-0.05, 0) is 35.9 Å². The average molecular weight is 269 g/mol. The minimum atomic E-state index is 0.238. The second kappa shape index (κ2) is 5.59. The summed E-state index contributed by atoms with van der Waals surface area (Å²) in [4.78, 5) is 18.0. The normalized spacial score (nSPS) is 18.9. The SMILES string of the molecule is NCC1CC(=O)N(CCc2cccc3cnccc23)C1. The van der Waals surface area contributed by atoms with Crippen LogP contribution in [-0.4, -0.2) is 35.4 Å². The van der Waals surface area contributed by atoms with Gasteiger partial charge >= 0.3 is 0 Å². The molecule has 20 heavy (non-hydrogen) atoms. The van der Waals surface area contributed by atoms with Gasteiger partial charge in [-0.25, -0.2) is 0 Å². The molecule has 0 saturated carbocycles. The van der Waals surface area contributed by atoms with Gasteiger partial charge in [0, 0.05) is 37.3 Å². The van der Waals surface area contributed by atoms with Crippen LogP contribution in [0, 0.1) is 5.92 Å². The summed E-state index contributed by atoms with van der Waals surface area (Å²) in [6.45, 7) is 2.18. The Balaban J connectivity index is 1.73. The van der Waals surface area contributed by atoms with Crippen molar-refractivity contribution in [1.82, 2.24) is 9.88 Å². The number of amides is 1. The Bertz CT molecular complexity index is 621. The molecule has 1 aromatic carbocycles. The van der Waals surface area contributed by atoms with Crippen molar-refractivity contribution in [3.8, 4) is 0 Å². The molecule has 3 rings (SSSR count). The van der Waals surface area contributed by atoms with Crippen LogP contribution in [0.3, 0.4) is 0 Å². The number of likely N-dealkylation sites (tertiary alicyclic amines) is 1. The summed E-state index contributed by atoms with van der Waals surface area (Å²) < 4.78 is 0. The van der Waals surface area contributed by atoms with E-state index in [2.05, 4.69) is 17.1 Å². The number of pyridine rings is 1. The number of carbonyl (C=O) groups excluding carboxylic acids is 1. The lowest BCUT2D eigenvalue weighted by Crippen LogP contribution is -2.28. The molecule has 1 saturated heterocycles. The van der Waals surface area contributed by atoms with E-state index in [4.69, 9.17) is 5.73 Å². The van der Waals surface area contributed by atoms with Crippen LogP contribution in [0.2, 0.25) is 0 Å². The second-order valence-electron chi connectivity index (χ2n) is 5.41. The maximum Gasteiger partial charge on any atom is 0.222 e. The van der Waals surface area contributed by atoms with Gasteiger partial charge in [-0.1, -0.05) is 18.2 Å². The maximum absolute atomic E-state index is 11.9. The Kier molecular flexibility index (Phi) is 3.65. The predicted octanol–water partition coefficient (Wildman–Crippen LogP) is 1.58. The number of benzene rings is 1. The number of hydrogen-bond acceptors (Lipinski definition) is 3. The Morgan fingerprint density at radius 3 is 3.05 bits per heavy atom. The molecule has 0 radical (unpaired) electrons. The molecule has 2 N–H and O–H groups in total. The molecule has 1 aliphatic heterocycles. The lowest BCUT2D eigenvalue weighted by atomic mass is 10.0. The number of aromatic nitrogens is 1. The Labute approximate surface area is 118 Å². The Morgan fingerprint density at radius 2 is 2.25 bits per heavy atom. The summed E-state index contributed by atoms with van der Waals surface area (Å²) in [5.41, 5.74) is 6.93. The molecule has 1 amide bonds. The smallest absolute Gasteiger partial charge is 0.222 e. The second-order valence-corrected chi connectivity index (χ2v) is 5.41. The minimum Gasteiger partial charge on any atom is -0.342 e. The highest BCUT2D eigenvalue weighted by Crippen LogP contribution is 2.20. The molecule has 0 aliphatic carbocycles. The van der Waals surface area contributed by atoms with Gasteiger partial charge in [-0.3, -0.25) is 9.78 Å². The van der Waals surface area contributed by atoms with Crippen LogP contribution in [0.1, 0.15) is 12.0 Å². The standard InChI is InChI=1S/C16H19N3O/c17-9-12-8-16(20)19(11-12)7-5-13-2-1-3-14-10-18-6-4-15(13)14/h1-4,6,10,12H,5,7-9,11,17H2. The summed E-state index contributed by atoms with van der Waals surface area (Å²) in [7, 11) is 0. The highest BCUT2D eigenvalue weighted by molar-refractivity contribution is 5.85. The number of fused-ring (bicyclic) bond motifs is 1. The molecule has 104 valence electrons. The fourth-order valence-electron chi connectivity index (χ4n) is 2.89. The molecule has 0 spiro atoms. The van der Waals surface area contributed by atoms with Gasteiger partial charge in [0.25, 0.3) is 0 Å². The van der Waals surface area contributed by atoms with Crippen molar-refractivity contribution in [1.29, 1.82) is 0 Å². The van der Waals surface area contributed by atoms with Crippen LogP contribution in [-0.2, 0) is 11.2 Å². The van der Waals surface area contributed by atoms with Crippen molar-refractivity contribution >= 4 is 16.7 Å². The molecule has 4 nitrogen and oxygen atoms in total. The number of nitrogens with zero attached hydrogens (tertiary/aromatic N) is 2. The minimum absolute atomic E-state index is 0.238. The van der Waals surface area contributed by atoms with E-state index in [1.165, 1.54) is 10.9 Å². The van der Waals surface area contributed by atoms with Crippen LogP contribution in [0.4, 0.5) is 0 Å². The molecule has 0 bridgehead atoms. The summed E-state index contributed by atoms with van der Waals surface area (Å²) in [6.07, 6.45) is 5.18. The van der Waals surface area contributed by atoms with Gasteiger partial charge in [-0.15, -0.1) is 0 Å². The third-order valence-corrected chi connectivity index (χ3v) is 4.05. The molecule has 4 heteroatoms. The van der Waals surface area contributed by atoms with E-state index >= 15 is 0 Å². The van der Waals surface area contributed by atoms with Gasteiger partial charge in [0.05, 0.1) is 0 Å². The van der Waals surface area contributed by atoms with E-state index < -0.39 is 0 Å². The van der Waals surface area contributed by atoms with Crippen molar-refractivity contribution in [3.63, 3.8) is 0 Å². The summed E-state index contributed by atoms with van der Waals surface area (Å²) in [5.74, 6) is 0.571. The van der Waals surface area contributed by atoms with Gasteiger partial charge < -0.3 is 10.6 Å². The molecule has 2 heterocycles. The number of hydrogen-bond donors (Lipinski definition) is 1. The quantitative estimate of drug-likeness (QED) is 0.917. The predicted molar refractivity (Wildman–Crippen MR) is 79.2 cm³/mol. The molecular formula is C16H19N3O. The number of carbonyl (C=O) groups is 1. The third kappa shape index (κ3) is 2.51. The molecule has 1 fully saturated rings. The van der Waals surface area contributed by atoms with Crippen molar-refractivity contribution in [2.45, 2.75) is 12.8 Å². The molecule has 1 atom stereocenters. The maximum atomic E-state index is 11.9. The molecular weight excluding hydrogens is 250 g/mol. The van der Waals surface area contributed by atoms with E-state index in [0.29, 0.717) is 18.9 Å². The van der Waals surface area contributed by atoms with Crippen molar-refractivity contribution in [2.75, 3.05) is 19.6 Å². The Hall–Kier alpha value is -1.94. The van der Waals surface area contributed by atoms with E-state index in [1.807, 2.05) is 29.4 Å². The van der Waals surface area contributed by atoms with Gasteiger partial charge in [0.15, 0.2) is 0 Å². The zero-order valence-corrected chi connectivity index (χ0v) is 11.5. The zero-order valence-electron chi connectivity index (χ0n) is 11.5. The van der Waals surface area contributed by atoms with Gasteiger partial charge in [0.1, 0.15) is 0 Å². The molecule has 2 aromatic rings. The largest absolute Gasteiger partial charge is 0.342 e. The average Bonchev–Trinajstić information content (AvgIpc) is 2.85. The zero-order chi connectivity index (χ0) is 13.9. The highest BCUT2D eigenvalue weighted by Gasteiger charge is 2.27. The van der Waals surface area contributed by atoms with Crippen molar-refractivity contribution < 1.29 is 4.79 Å². The highest BCUT2D eigenvalue weighted by atomic mass is 16.2. The van der Waals surface area contributed by atoms with Gasteiger partial charge in [-0.2, -0.15) is 0 Å². The van der Waals surface area contributed by atoms with Crippen molar-refractivity contribution in [2.24, 2.45) is 11.7 Å². The first-order chi connectivity index (χ1) is 9.78. The van der Waals surface area contributed by atoms with E-state index in [-0.39, 0.29) is 5.91 Å². The fraction of sp³-hybridized carbons (Fsp3) is 0.375. The van der Waals surface area contributed by atoms with Crippen LogP contribution < -0.4 is 5.73 Å². The first kappa shape index (κ1) is 13.1. The van der Waals surface area contributed by atoms with Crippen molar-refractivity contribution in [3.05, 3.63) is 42.2 Å². The lowest BCUT2D eigenvalue weighted by molar-refractivity contribution is -0.127. The van der Waals surface area contributed by atoms with Crippen LogP contribution in [0.25, 0.3) is 10.8 Å². The first-order valence-electron chi connectivity index (χ1n) is 7.07. The van der Waals surface area contributed by atoms with E-state index in [9.17, 15) is 4.79 Å².